The number of carboxylic acid groups (broad SMARTS) is 1. The maximum absolute atomic E-state index is 11.6. The van der Waals surface area contributed by atoms with Gasteiger partial charge in [0.25, 0.3) is 0 Å². The van der Waals surface area contributed by atoms with Gasteiger partial charge in [-0.1, -0.05) is 28.1 Å². The van der Waals surface area contributed by atoms with Crippen LogP contribution in [0.1, 0.15) is 21.9 Å². The number of urea groups is 1. The Bertz CT molecular complexity index is 654. The highest BCUT2D eigenvalue weighted by molar-refractivity contribution is 9.10. The van der Waals surface area contributed by atoms with Crippen molar-refractivity contribution in [2.45, 2.75) is 13.1 Å². The fourth-order valence-corrected chi connectivity index (χ4v) is 2.09. The van der Waals surface area contributed by atoms with Crippen molar-refractivity contribution in [3.63, 3.8) is 0 Å². The molecule has 0 aliphatic carbocycles. The molecule has 0 saturated heterocycles. The van der Waals surface area contributed by atoms with Gasteiger partial charge in [0.2, 0.25) is 5.76 Å². The van der Waals surface area contributed by atoms with Gasteiger partial charge in [-0.25, -0.2) is 9.59 Å². The molecule has 3 N–H and O–H groups in total. The number of carbonyl (C=O) groups is 2. The van der Waals surface area contributed by atoms with Crippen molar-refractivity contribution in [3.05, 3.63) is 58.0 Å². The molecule has 1 aromatic carbocycles. The Balaban J connectivity index is 1.78. The molecule has 0 bridgehead atoms. The van der Waals surface area contributed by atoms with Gasteiger partial charge in [-0.05, 0) is 29.8 Å². The molecule has 0 atom stereocenters. The molecule has 21 heavy (non-hydrogen) atoms. The number of halogens is 1. The third-order valence-electron chi connectivity index (χ3n) is 2.64. The number of aromatic carboxylic acids is 1. The van der Waals surface area contributed by atoms with E-state index in [1.165, 1.54) is 12.1 Å². The van der Waals surface area contributed by atoms with E-state index >= 15 is 0 Å². The van der Waals surface area contributed by atoms with Crippen LogP contribution in [0, 0.1) is 0 Å². The van der Waals surface area contributed by atoms with E-state index in [1.54, 1.807) is 0 Å². The largest absolute Gasteiger partial charge is 0.475 e. The van der Waals surface area contributed by atoms with Crippen LogP contribution in [0.25, 0.3) is 0 Å². The zero-order valence-corrected chi connectivity index (χ0v) is 12.5. The summed E-state index contributed by atoms with van der Waals surface area (Å²) in [6, 6.07) is 10.1. The topological polar surface area (TPSA) is 91.6 Å². The average Bonchev–Trinajstić information content (AvgIpc) is 2.92. The standard InChI is InChI=1S/C14H13BrN2O4/c15-10-3-1-2-9(6-10)7-16-14(20)17-8-11-4-5-12(21-11)13(18)19/h1-6H,7-8H2,(H,18,19)(H2,16,17,20). The molecule has 110 valence electrons. The molecule has 6 nitrogen and oxygen atoms in total. The van der Waals surface area contributed by atoms with Crippen LogP contribution in [-0.2, 0) is 13.1 Å². The second kappa shape index (κ2) is 6.94. The van der Waals surface area contributed by atoms with E-state index in [2.05, 4.69) is 26.6 Å². The Hall–Kier alpha value is -2.28. The SMILES string of the molecule is O=C(NCc1cccc(Br)c1)NCc1ccc(C(=O)O)o1. The molecule has 0 aliphatic rings. The molecule has 2 rings (SSSR count). The van der Waals surface area contributed by atoms with Crippen molar-refractivity contribution in [1.29, 1.82) is 0 Å². The predicted octanol–water partition coefficient (Wildman–Crippen LogP) is 2.74. The van der Waals surface area contributed by atoms with Gasteiger partial charge < -0.3 is 20.2 Å². The maximum Gasteiger partial charge on any atom is 0.371 e. The van der Waals surface area contributed by atoms with Crippen molar-refractivity contribution < 1.29 is 19.1 Å². The molecule has 0 fully saturated rings. The molecule has 7 heteroatoms. The van der Waals surface area contributed by atoms with Crippen LogP contribution in [0.3, 0.4) is 0 Å². The second-order valence-electron chi connectivity index (χ2n) is 4.24. The quantitative estimate of drug-likeness (QED) is 0.771. The Labute approximate surface area is 129 Å². The summed E-state index contributed by atoms with van der Waals surface area (Å²) in [5.41, 5.74) is 0.964. The first-order valence-electron chi connectivity index (χ1n) is 6.13. The monoisotopic (exact) mass is 352 g/mol. The summed E-state index contributed by atoms with van der Waals surface area (Å²) in [5.74, 6) is -0.910. The summed E-state index contributed by atoms with van der Waals surface area (Å²) in [6.07, 6.45) is 0. The first-order chi connectivity index (χ1) is 10.0. The van der Waals surface area contributed by atoms with Crippen LogP contribution in [-0.4, -0.2) is 17.1 Å². The predicted molar refractivity (Wildman–Crippen MR) is 78.9 cm³/mol. The summed E-state index contributed by atoms with van der Waals surface area (Å²) in [6.45, 7) is 0.515. The number of hydrogen-bond donors (Lipinski definition) is 3. The van der Waals surface area contributed by atoms with Crippen molar-refractivity contribution >= 4 is 27.9 Å². The summed E-state index contributed by atoms with van der Waals surface area (Å²) in [5, 5.41) is 14.0. The minimum atomic E-state index is -1.14. The van der Waals surface area contributed by atoms with Gasteiger partial charge in [0.15, 0.2) is 0 Å². The van der Waals surface area contributed by atoms with Crippen LogP contribution in [0.15, 0.2) is 45.3 Å². The van der Waals surface area contributed by atoms with Crippen LogP contribution in [0.5, 0.6) is 0 Å². The molecule has 1 heterocycles. The first-order valence-corrected chi connectivity index (χ1v) is 6.92. The lowest BCUT2D eigenvalue weighted by Gasteiger charge is -2.06. The first kappa shape index (κ1) is 15.1. The van der Waals surface area contributed by atoms with Crippen LogP contribution in [0.4, 0.5) is 4.79 Å². The summed E-state index contributed by atoms with van der Waals surface area (Å²) in [4.78, 5) is 22.3. The normalized spacial score (nSPS) is 10.1. The minimum Gasteiger partial charge on any atom is -0.475 e. The number of furan rings is 1. The molecule has 2 aromatic rings. The molecule has 0 unspecified atom stereocenters. The van der Waals surface area contributed by atoms with Gasteiger partial charge in [-0.15, -0.1) is 0 Å². The third-order valence-corrected chi connectivity index (χ3v) is 3.13. The van der Waals surface area contributed by atoms with Crippen molar-refractivity contribution in [2.75, 3.05) is 0 Å². The lowest BCUT2D eigenvalue weighted by atomic mass is 10.2. The minimum absolute atomic E-state index is 0.123. The summed E-state index contributed by atoms with van der Waals surface area (Å²) >= 11 is 3.36. The van der Waals surface area contributed by atoms with E-state index < -0.39 is 5.97 Å². The molecule has 0 radical (unpaired) electrons. The summed E-state index contributed by atoms with van der Waals surface area (Å²) in [7, 11) is 0. The molecular formula is C14H13BrN2O4. The number of carbonyl (C=O) groups excluding carboxylic acids is 1. The van der Waals surface area contributed by atoms with Gasteiger partial charge >= 0.3 is 12.0 Å². The van der Waals surface area contributed by atoms with Crippen LogP contribution >= 0.6 is 15.9 Å². The Morgan fingerprint density at radius 3 is 2.57 bits per heavy atom. The lowest BCUT2D eigenvalue weighted by Crippen LogP contribution is -2.34. The zero-order chi connectivity index (χ0) is 15.2. The van der Waals surface area contributed by atoms with Gasteiger partial charge in [-0.3, -0.25) is 0 Å². The average molecular weight is 353 g/mol. The second-order valence-corrected chi connectivity index (χ2v) is 5.15. The molecule has 0 spiro atoms. The lowest BCUT2D eigenvalue weighted by molar-refractivity contribution is 0.0660. The fraction of sp³-hybridized carbons (Fsp3) is 0.143. The molecule has 0 saturated carbocycles. The van der Waals surface area contributed by atoms with Crippen LogP contribution in [0.2, 0.25) is 0 Å². The van der Waals surface area contributed by atoms with Gasteiger partial charge in [-0.2, -0.15) is 0 Å². The Morgan fingerprint density at radius 2 is 1.90 bits per heavy atom. The van der Waals surface area contributed by atoms with Gasteiger partial charge in [0, 0.05) is 11.0 Å². The smallest absolute Gasteiger partial charge is 0.371 e. The number of hydrogen-bond acceptors (Lipinski definition) is 3. The maximum atomic E-state index is 11.6. The van der Waals surface area contributed by atoms with Crippen molar-refractivity contribution in [3.8, 4) is 0 Å². The highest BCUT2D eigenvalue weighted by Crippen LogP contribution is 2.11. The fourth-order valence-electron chi connectivity index (χ4n) is 1.65. The number of rotatable bonds is 5. The van der Waals surface area contributed by atoms with E-state index in [1.807, 2.05) is 24.3 Å². The zero-order valence-electron chi connectivity index (χ0n) is 10.9. The van der Waals surface area contributed by atoms with E-state index in [-0.39, 0.29) is 18.3 Å². The van der Waals surface area contributed by atoms with Gasteiger partial charge in [0.1, 0.15) is 5.76 Å². The van der Waals surface area contributed by atoms with Gasteiger partial charge in [0.05, 0.1) is 6.54 Å². The van der Waals surface area contributed by atoms with Crippen molar-refractivity contribution in [2.24, 2.45) is 0 Å². The van der Waals surface area contributed by atoms with Crippen LogP contribution < -0.4 is 10.6 Å². The van der Waals surface area contributed by atoms with E-state index in [0.717, 1.165) is 10.0 Å². The number of benzene rings is 1. The van der Waals surface area contributed by atoms with E-state index in [9.17, 15) is 9.59 Å². The number of nitrogens with one attached hydrogen (secondary N) is 2. The van der Waals surface area contributed by atoms with E-state index in [0.29, 0.717) is 12.3 Å². The third kappa shape index (κ3) is 4.64. The number of amides is 2. The van der Waals surface area contributed by atoms with Crippen molar-refractivity contribution in [1.82, 2.24) is 10.6 Å². The Morgan fingerprint density at radius 1 is 1.14 bits per heavy atom. The molecule has 2 amide bonds. The molecule has 0 aliphatic heterocycles. The molecular weight excluding hydrogens is 340 g/mol. The molecule has 1 aromatic heterocycles. The summed E-state index contributed by atoms with van der Waals surface area (Å²) < 4.78 is 5.97. The highest BCUT2D eigenvalue weighted by atomic mass is 79.9. The number of carboxylic acids is 1. The van der Waals surface area contributed by atoms with E-state index in [4.69, 9.17) is 9.52 Å². The Kier molecular flexibility index (Phi) is 4.99. The highest BCUT2D eigenvalue weighted by Gasteiger charge is 2.09.